The third kappa shape index (κ3) is 5.30. The number of ether oxygens (including phenoxy) is 6. The van der Waals surface area contributed by atoms with E-state index in [4.69, 9.17) is 28.4 Å². The molecule has 1 aromatic rings. The Hall–Kier alpha value is -1.87. The second-order valence-corrected chi connectivity index (χ2v) is 19.4. The third-order valence-corrected chi connectivity index (χ3v) is 15.7. The zero-order valence-electron chi connectivity index (χ0n) is 32.8. The number of aliphatic hydroxyl groups is 1. The normalized spacial score (nSPS) is 43.2. The first-order chi connectivity index (χ1) is 23.3. The zero-order chi connectivity index (χ0) is 36.2. The van der Waals surface area contributed by atoms with Gasteiger partial charge in [-0.15, -0.1) is 0 Å². The maximum atomic E-state index is 13.5. The highest BCUT2D eigenvalue weighted by Gasteiger charge is 2.62. The summed E-state index contributed by atoms with van der Waals surface area (Å²) in [6.07, 6.45) is 9.12. The Morgan fingerprint density at radius 1 is 0.780 bits per heavy atom. The van der Waals surface area contributed by atoms with E-state index in [0.717, 1.165) is 38.5 Å². The molecule has 0 radical (unpaired) electrons. The van der Waals surface area contributed by atoms with Crippen LogP contribution in [0.5, 0.6) is 11.5 Å². The molecule has 10 atom stereocenters. The van der Waals surface area contributed by atoms with Crippen LogP contribution in [0.15, 0.2) is 0 Å². The Bertz CT molecular complexity index is 1510. The number of methoxy groups -OCH3 is 2. The number of carbonyl (C=O) groups excluding carboxylic acids is 1. The van der Waals surface area contributed by atoms with E-state index in [2.05, 4.69) is 48.5 Å². The molecule has 0 aromatic heterocycles. The number of carbonyl (C=O) groups is 1. The summed E-state index contributed by atoms with van der Waals surface area (Å²) in [6, 6.07) is 0. The minimum absolute atomic E-state index is 0.0904. The lowest BCUT2D eigenvalue weighted by atomic mass is 9.45. The molecule has 0 spiro atoms. The van der Waals surface area contributed by atoms with Gasteiger partial charge in [-0.25, -0.2) is 4.79 Å². The number of cyclic esters (lactones) is 1. The summed E-state index contributed by atoms with van der Waals surface area (Å²) >= 11 is 0. The highest BCUT2D eigenvalue weighted by atomic mass is 16.7. The molecule has 1 N–H and O–H groups in total. The summed E-state index contributed by atoms with van der Waals surface area (Å²) in [4.78, 5) is 13.5. The summed E-state index contributed by atoms with van der Waals surface area (Å²) in [7, 11) is 3.12. The lowest BCUT2D eigenvalue weighted by Gasteiger charge is -2.63. The van der Waals surface area contributed by atoms with Crippen molar-refractivity contribution in [3.8, 4) is 11.5 Å². The molecule has 2 aliphatic heterocycles. The number of hydrogen-bond donors (Lipinski definition) is 1. The summed E-state index contributed by atoms with van der Waals surface area (Å²) in [5, 5.41) is 12.0. The minimum atomic E-state index is -0.951. The number of benzene rings is 1. The van der Waals surface area contributed by atoms with E-state index >= 15 is 0 Å². The first-order valence-corrected chi connectivity index (χ1v) is 19.5. The summed E-state index contributed by atoms with van der Waals surface area (Å²) < 4.78 is 38.7. The summed E-state index contributed by atoms with van der Waals surface area (Å²) in [6.45, 7) is 21.6. The van der Waals surface area contributed by atoms with E-state index in [9.17, 15) is 9.90 Å². The van der Waals surface area contributed by atoms with E-state index in [0.29, 0.717) is 58.8 Å². The smallest absolute Gasteiger partial charge is 0.345 e. The second-order valence-electron chi connectivity index (χ2n) is 19.4. The van der Waals surface area contributed by atoms with Gasteiger partial charge < -0.3 is 33.5 Å². The van der Waals surface area contributed by atoms with Gasteiger partial charge in [0, 0.05) is 24.5 Å². The lowest BCUT2D eigenvalue weighted by Crippen LogP contribution is -2.62. The minimum Gasteiger partial charge on any atom is -0.495 e. The summed E-state index contributed by atoms with van der Waals surface area (Å²) in [5.41, 5.74) is 1.43. The molecule has 8 heteroatoms. The van der Waals surface area contributed by atoms with E-state index < -0.39 is 29.8 Å². The molecule has 6 aliphatic rings. The number of rotatable bonds is 6. The van der Waals surface area contributed by atoms with Crippen molar-refractivity contribution >= 4 is 5.97 Å². The van der Waals surface area contributed by atoms with E-state index in [1.807, 2.05) is 13.8 Å². The van der Waals surface area contributed by atoms with Gasteiger partial charge in [-0.2, -0.15) is 0 Å². The number of esters is 1. The molecule has 2 heterocycles. The van der Waals surface area contributed by atoms with Crippen LogP contribution in [-0.2, 0) is 18.9 Å². The molecule has 0 unspecified atom stereocenters. The number of fused-ring (bicyclic) bond motifs is 5. The average Bonchev–Trinajstić information content (AvgIpc) is 3.34. The molecule has 4 saturated carbocycles. The molecule has 4 aliphatic carbocycles. The molecule has 7 rings (SSSR count). The van der Waals surface area contributed by atoms with Gasteiger partial charge in [-0.05, 0) is 106 Å². The first kappa shape index (κ1) is 36.5. The molecule has 280 valence electrons. The van der Waals surface area contributed by atoms with Crippen molar-refractivity contribution in [2.45, 2.75) is 150 Å². The van der Waals surface area contributed by atoms with Crippen LogP contribution in [0.4, 0.5) is 0 Å². The molecule has 1 saturated heterocycles. The Morgan fingerprint density at radius 3 is 2.04 bits per heavy atom. The van der Waals surface area contributed by atoms with Gasteiger partial charge in [0.25, 0.3) is 0 Å². The molecule has 1 aromatic carbocycles. The van der Waals surface area contributed by atoms with Gasteiger partial charge in [0.05, 0.1) is 42.7 Å². The molecule has 0 bridgehead atoms. The average molecular weight is 697 g/mol. The van der Waals surface area contributed by atoms with Crippen molar-refractivity contribution in [3.63, 3.8) is 0 Å². The Labute approximate surface area is 300 Å². The van der Waals surface area contributed by atoms with Crippen molar-refractivity contribution in [2.75, 3.05) is 27.4 Å². The van der Waals surface area contributed by atoms with Crippen LogP contribution in [-0.4, -0.2) is 49.7 Å². The lowest BCUT2D eigenvalue weighted by molar-refractivity contribution is -0.326. The van der Waals surface area contributed by atoms with Crippen LogP contribution in [0.1, 0.15) is 159 Å². The van der Waals surface area contributed by atoms with Crippen molar-refractivity contribution in [1.82, 2.24) is 0 Å². The van der Waals surface area contributed by atoms with Crippen LogP contribution in [0.3, 0.4) is 0 Å². The van der Waals surface area contributed by atoms with Crippen molar-refractivity contribution < 1.29 is 38.3 Å². The van der Waals surface area contributed by atoms with Crippen molar-refractivity contribution in [3.05, 3.63) is 22.3 Å². The van der Waals surface area contributed by atoms with E-state index in [1.165, 1.54) is 25.7 Å². The molecule has 50 heavy (non-hydrogen) atoms. The summed E-state index contributed by atoms with van der Waals surface area (Å²) in [5.74, 6) is 1.73. The predicted octanol–water partition coefficient (Wildman–Crippen LogP) is 9.24. The Balaban J connectivity index is 1.30. The molecular weight excluding hydrogens is 632 g/mol. The fourth-order valence-corrected chi connectivity index (χ4v) is 13.3. The van der Waals surface area contributed by atoms with Gasteiger partial charge in [0.2, 0.25) is 6.29 Å². The van der Waals surface area contributed by atoms with Crippen molar-refractivity contribution in [1.29, 1.82) is 0 Å². The molecule has 0 amide bonds. The van der Waals surface area contributed by atoms with Crippen LogP contribution in [0.2, 0.25) is 0 Å². The van der Waals surface area contributed by atoms with Gasteiger partial charge >= 0.3 is 5.97 Å². The van der Waals surface area contributed by atoms with Gasteiger partial charge in [-0.3, -0.25) is 0 Å². The molecule has 5 fully saturated rings. The van der Waals surface area contributed by atoms with Crippen LogP contribution >= 0.6 is 0 Å². The standard InChI is InChI=1S/C42H64O8/c1-24-32(45-10)30-29(35(46-11)49-34(30)43)31(33(24)47-22-27-39(6)18-12-16-37(2,3)25(39)14-20-41(27,8)44)36-48-23-28-40(7)19-13-17-38(4,5)26(40)15-21-42(28,9)50-36/h25-28,35-36,44H,12-23H2,1-11H3/t25-,26-,27+,28+,35+,36-,39-,40-,41+,42+/m0/s1. The monoisotopic (exact) mass is 696 g/mol. The predicted molar refractivity (Wildman–Crippen MR) is 191 cm³/mol. The van der Waals surface area contributed by atoms with Gasteiger partial charge in [0.15, 0.2) is 6.29 Å². The van der Waals surface area contributed by atoms with Crippen molar-refractivity contribution in [2.24, 2.45) is 45.3 Å². The third-order valence-electron chi connectivity index (χ3n) is 15.7. The first-order valence-electron chi connectivity index (χ1n) is 19.5. The van der Waals surface area contributed by atoms with Gasteiger partial charge in [-0.1, -0.05) is 54.4 Å². The maximum Gasteiger partial charge on any atom is 0.345 e. The highest BCUT2D eigenvalue weighted by molar-refractivity contribution is 5.98. The topological polar surface area (TPSA) is 92.7 Å². The van der Waals surface area contributed by atoms with Gasteiger partial charge in [0.1, 0.15) is 17.1 Å². The van der Waals surface area contributed by atoms with Crippen LogP contribution in [0.25, 0.3) is 0 Å². The SMILES string of the molecule is COc1c(C)c(OC[C@@H]2[C@@]3(C)CCCC(C)(C)[C@@H]3CC[C@@]2(C)O)c([C@H]2OC[C@@H]3[C@@]4(C)CCCC(C)(C)[C@@H]4CC[C@@]3(C)O2)c2c1C(=O)O[C@H]2OC. The second kappa shape index (κ2) is 12.1. The van der Waals surface area contributed by atoms with Crippen LogP contribution in [0, 0.1) is 52.3 Å². The fraction of sp³-hybridized carbons (Fsp3) is 0.833. The zero-order valence-corrected chi connectivity index (χ0v) is 32.8. The Kier molecular flexibility index (Phi) is 8.81. The maximum absolute atomic E-state index is 13.5. The quantitative estimate of drug-likeness (QED) is 0.295. The molecule has 8 nitrogen and oxygen atoms in total. The Morgan fingerprint density at radius 2 is 1.40 bits per heavy atom. The largest absolute Gasteiger partial charge is 0.495 e. The molecular formula is C42H64O8. The number of hydrogen-bond acceptors (Lipinski definition) is 8. The van der Waals surface area contributed by atoms with E-state index in [-0.39, 0.29) is 33.5 Å². The fourth-order valence-electron chi connectivity index (χ4n) is 13.3. The van der Waals surface area contributed by atoms with E-state index in [1.54, 1.807) is 14.2 Å². The van der Waals surface area contributed by atoms with Crippen LogP contribution < -0.4 is 9.47 Å². The highest BCUT2D eigenvalue weighted by Crippen LogP contribution is 2.66.